The average Bonchev–Trinajstić information content (AvgIpc) is 3.03. The highest BCUT2D eigenvalue weighted by molar-refractivity contribution is 5.80. The topological polar surface area (TPSA) is 42.4 Å². The smallest absolute Gasteiger partial charge is 0.410 e. The van der Waals surface area contributed by atoms with E-state index < -0.39 is 0 Å². The van der Waals surface area contributed by atoms with Crippen LogP contribution in [-0.4, -0.2) is 16.0 Å². The first-order chi connectivity index (χ1) is 12.8. The minimum atomic E-state index is -0.317. The molecule has 1 atom stereocenters. The maximum Gasteiger partial charge on any atom is 0.410 e. The van der Waals surface area contributed by atoms with Crippen LogP contribution in [0.4, 0.5) is 4.79 Å². The van der Waals surface area contributed by atoms with E-state index in [4.69, 9.17) is 9.72 Å². The molecule has 0 spiro atoms. The van der Waals surface area contributed by atoms with Crippen molar-refractivity contribution in [3.05, 3.63) is 90.1 Å². The van der Waals surface area contributed by atoms with Crippen LogP contribution >= 0.6 is 0 Å². The van der Waals surface area contributed by atoms with Crippen LogP contribution < -0.4 is 0 Å². The highest BCUT2D eigenvalue weighted by atomic mass is 16.6. The summed E-state index contributed by atoms with van der Waals surface area (Å²) in [5.74, 6) is 0. The van der Waals surface area contributed by atoms with Gasteiger partial charge in [-0.2, -0.15) is 0 Å². The first-order valence-electron chi connectivity index (χ1n) is 8.73. The number of para-hydroxylation sites is 1. The number of fused-ring (bicyclic) bond motifs is 2. The monoisotopic (exact) mass is 344 g/mol. The molecule has 1 aliphatic heterocycles. The van der Waals surface area contributed by atoms with Gasteiger partial charge in [-0.3, -0.25) is 9.88 Å². The third-order valence-corrected chi connectivity index (χ3v) is 4.70. The lowest BCUT2D eigenvalue weighted by Crippen LogP contribution is -2.30. The fourth-order valence-electron chi connectivity index (χ4n) is 3.42. The van der Waals surface area contributed by atoms with Gasteiger partial charge < -0.3 is 4.74 Å². The molecule has 2 heterocycles. The number of rotatable bonds is 4. The number of benzene rings is 2. The molecule has 0 saturated heterocycles. The number of carbonyl (C=O) groups excluding carboxylic acids is 1. The van der Waals surface area contributed by atoms with Crippen LogP contribution in [0.1, 0.15) is 29.3 Å². The Morgan fingerprint density at radius 2 is 1.96 bits per heavy atom. The molecule has 0 bridgehead atoms. The second-order valence-electron chi connectivity index (χ2n) is 6.43. The van der Waals surface area contributed by atoms with E-state index in [2.05, 4.69) is 12.6 Å². The Labute approximate surface area is 152 Å². The highest BCUT2D eigenvalue weighted by Crippen LogP contribution is 2.37. The first-order valence-corrected chi connectivity index (χ1v) is 8.73. The number of ether oxygens (including phenoxy) is 1. The van der Waals surface area contributed by atoms with Crippen LogP contribution in [0.2, 0.25) is 0 Å². The number of carbonyl (C=O) groups is 1. The summed E-state index contributed by atoms with van der Waals surface area (Å²) < 4.78 is 5.54. The zero-order valence-corrected chi connectivity index (χ0v) is 14.5. The lowest BCUT2D eigenvalue weighted by atomic mass is 10.1. The van der Waals surface area contributed by atoms with Crippen LogP contribution in [0, 0.1) is 0 Å². The largest absolute Gasteiger partial charge is 0.445 e. The maximum absolute atomic E-state index is 12.7. The summed E-state index contributed by atoms with van der Waals surface area (Å²) in [6, 6.07) is 19.7. The lowest BCUT2D eigenvalue weighted by molar-refractivity contribution is 0.0831. The Balaban J connectivity index is 1.58. The van der Waals surface area contributed by atoms with Gasteiger partial charge in [-0.05, 0) is 29.7 Å². The molecule has 0 saturated carbocycles. The second kappa shape index (κ2) is 7.00. The van der Waals surface area contributed by atoms with E-state index in [1.54, 1.807) is 4.90 Å². The standard InChI is InChI=1S/C22H20N2O2/c1-2-8-20-21-18(13-17-11-6-7-12-19(17)23-21)14-24(20)22(25)26-15-16-9-4-3-5-10-16/h2-7,9-13,20H,1,8,14-15H2. The molecule has 0 N–H and O–H groups in total. The van der Waals surface area contributed by atoms with Gasteiger partial charge in [0.05, 0.1) is 23.8 Å². The Morgan fingerprint density at radius 3 is 2.77 bits per heavy atom. The van der Waals surface area contributed by atoms with Gasteiger partial charge in [-0.15, -0.1) is 6.58 Å². The summed E-state index contributed by atoms with van der Waals surface area (Å²) >= 11 is 0. The van der Waals surface area contributed by atoms with Crippen LogP contribution in [0.3, 0.4) is 0 Å². The molecule has 4 heteroatoms. The third kappa shape index (κ3) is 3.06. The van der Waals surface area contributed by atoms with Crippen molar-refractivity contribution in [1.29, 1.82) is 0 Å². The summed E-state index contributed by atoms with van der Waals surface area (Å²) in [5.41, 5.74) is 3.94. The summed E-state index contributed by atoms with van der Waals surface area (Å²) in [6.45, 7) is 4.62. The molecule has 3 aromatic rings. The van der Waals surface area contributed by atoms with E-state index in [9.17, 15) is 4.79 Å². The lowest BCUT2D eigenvalue weighted by Gasteiger charge is -2.23. The van der Waals surface area contributed by atoms with E-state index in [0.717, 1.165) is 27.7 Å². The van der Waals surface area contributed by atoms with Crippen LogP contribution in [0.5, 0.6) is 0 Å². The molecule has 2 aromatic carbocycles. The molecule has 130 valence electrons. The summed E-state index contributed by atoms with van der Waals surface area (Å²) in [6.07, 6.45) is 2.16. The predicted molar refractivity (Wildman–Crippen MR) is 101 cm³/mol. The van der Waals surface area contributed by atoms with E-state index in [1.165, 1.54) is 0 Å². The van der Waals surface area contributed by atoms with Crippen molar-refractivity contribution in [3.63, 3.8) is 0 Å². The fourth-order valence-corrected chi connectivity index (χ4v) is 3.42. The normalized spacial score (nSPS) is 15.7. The number of pyridine rings is 1. The SMILES string of the molecule is C=CCC1c2nc3ccccc3cc2CN1C(=O)OCc1ccccc1. The van der Waals surface area contributed by atoms with Crippen LogP contribution in [-0.2, 0) is 17.9 Å². The number of hydrogen-bond acceptors (Lipinski definition) is 3. The molecule has 4 rings (SSSR count). The van der Waals surface area contributed by atoms with Gasteiger partial charge in [0.1, 0.15) is 6.61 Å². The summed E-state index contributed by atoms with van der Waals surface area (Å²) in [5, 5.41) is 1.09. The first kappa shape index (κ1) is 16.3. The Morgan fingerprint density at radius 1 is 1.19 bits per heavy atom. The van der Waals surface area contributed by atoms with E-state index in [1.807, 2.05) is 60.7 Å². The molecule has 1 aliphatic rings. The summed E-state index contributed by atoms with van der Waals surface area (Å²) in [4.78, 5) is 19.3. The van der Waals surface area contributed by atoms with Crippen molar-refractivity contribution in [2.75, 3.05) is 0 Å². The van der Waals surface area contributed by atoms with E-state index >= 15 is 0 Å². The molecular weight excluding hydrogens is 324 g/mol. The quantitative estimate of drug-likeness (QED) is 0.625. The van der Waals surface area contributed by atoms with Crippen LogP contribution in [0.15, 0.2) is 73.3 Å². The molecule has 1 unspecified atom stereocenters. The summed E-state index contributed by atoms with van der Waals surface area (Å²) in [7, 11) is 0. The Bertz CT molecular complexity index is 953. The van der Waals surface area contributed by atoms with Gasteiger partial charge in [-0.25, -0.2) is 4.79 Å². The van der Waals surface area contributed by atoms with Gasteiger partial charge in [0.2, 0.25) is 0 Å². The second-order valence-corrected chi connectivity index (χ2v) is 6.43. The average molecular weight is 344 g/mol. The molecular formula is C22H20N2O2. The van der Waals surface area contributed by atoms with Crippen molar-refractivity contribution in [3.8, 4) is 0 Å². The number of amides is 1. The van der Waals surface area contributed by atoms with Crippen molar-refractivity contribution in [2.45, 2.75) is 25.6 Å². The zero-order valence-electron chi connectivity index (χ0n) is 14.5. The minimum absolute atomic E-state index is 0.129. The molecule has 1 amide bonds. The van der Waals surface area contributed by atoms with Crippen molar-refractivity contribution >= 4 is 17.0 Å². The van der Waals surface area contributed by atoms with Gasteiger partial charge in [-0.1, -0.05) is 54.6 Å². The highest BCUT2D eigenvalue weighted by Gasteiger charge is 2.35. The Hall–Kier alpha value is -3.14. The van der Waals surface area contributed by atoms with Crippen molar-refractivity contribution in [1.82, 2.24) is 9.88 Å². The van der Waals surface area contributed by atoms with Gasteiger partial charge >= 0.3 is 6.09 Å². The molecule has 1 aromatic heterocycles. The van der Waals surface area contributed by atoms with Gasteiger partial charge in [0.25, 0.3) is 0 Å². The van der Waals surface area contributed by atoms with Crippen LogP contribution in [0.25, 0.3) is 10.9 Å². The maximum atomic E-state index is 12.7. The van der Waals surface area contributed by atoms with E-state index in [0.29, 0.717) is 13.0 Å². The third-order valence-electron chi connectivity index (χ3n) is 4.70. The molecule has 26 heavy (non-hydrogen) atoms. The number of nitrogens with zero attached hydrogens (tertiary/aromatic N) is 2. The van der Waals surface area contributed by atoms with E-state index in [-0.39, 0.29) is 18.7 Å². The molecule has 0 fully saturated rings. The zero-order chi connectivity index (χ0) is 17.9. The molecule has 0 aliphatic carbocycles. The Kier molecular flexibility index (Phi) is 4.40. The van der Waals surface area contributed by atoms with Crippen molar-refractivity contribution in [2.24, 2.45) is 0 Å². The predicted octanol–water partition coefficient (Wildman–Crippen LogP) is 5.00. The van der Waals surface area contributed by atoms with Crippen molar-refractivity contribution < 1.29 is 9.53 Å². The van der Waals surface area contributed by atoms with Gasteiger partial charge in [0, 0.05) is 5.39 Å². The van der Waals surface area contributed by atoms with Gasteiger partial charge in [0.15, 0.2) is 0 Å². The number of aromatic nitrogens is 1. The minimum Gasteiger partial charge on any atom is -0.445 e. The number of hydrogen-bond donors (Lipinski definition) is 0. The molecule has 0 radical (unpaired) electrons. The molecule has 4 nitrogen and oxygen atoms in total. The fraction of sp³-hybridized carbons (Fsp3) is 0.182.